The zero-order chi connectivity index (χ0) is 21.6. The number of carbonyl (C=O) groups is 4. The lowest BCUT2D eigenvalue weighted by Crippen LogP contribution is -2.35. The van der Waals surface area contributed by atoms with Gasteiger partial charge in [-0.25, -0.2) is 0 Å². The number of halogens is 1. The number of fused-ring (bicyclic) bond motifs is 5. The lowest BCUT2D eigenvalue weighted by Gasteiger charge is -2.19. The molecule has 30 heavy (non-hydrogen) atoms. The Morgan fingerprint density at radius 3 is 2.37 bits per heavy atom. The third kappa shape index (κ3) is 3.66. The molecule has 0 unspecified atom stereocenters. The Morgan fingerprint density at radius 2 is 1.73 bits per heavy atom. The number of nitrogens with zero attached hydrogens (tertiary/aromatic N) is 1. The molecule has 0 radical (unpaired) electrons. The second-order valence-electron chi connectivity index (χ2n) is 8.52. The van der Waals surface area contributed by atoms with E-state index in [0.717, 1.165) is 34.9 Å². The lowest BCUT2D eigenvalue weighted by atomic mass is 9.81. The van der Waals surface area contributed by atoms with Gasteiger partial charge < -0.3 is 10.1 Å². The molecule has 2 saturated carbocycles. The van der Waals surface area contributed by atoms with Crippen molar-refractivity contribution < 1.29 is 23.9 Å². The third-order valence-corrected chi connectivity index (χ3v) is 7.78. The first-order chi connectivity index (χ1) is 14.3. The van der Waals surface area contributed by atoms with Crippen LogP contribution in [0.5, 0.6) is 0 Å². The average molecular weight is 477 g/mol. The fourth-order valence-corrected chi connectivity index (χ4v) is 5.65. The molecule has 1 aliphatic heterocycles. The van der Waals surface area contributed by atoms with Crippen LogP contribution in [0.3, 0.4) is 0 Å². The van der Waals surface area contributed by atoms with Crippen molar-refractivity contribution in [2.45, 2.75) is 39.5 Å². The molecule has 8 heteroatoms. The summed E-state index contributed by atoms with van der Waals surface area (Å²) in [6, 6.07) is 3.62. The molecule has 2 bridgehead atoms. The normalized spacial score (nSPS) is 26.8. The Hall–Kier alpha value is -2.22. The summed E-state index contributed by atoms with van der Waals surface area (Å²) in [4.78, 5) is 50.7. The van der Waals surface area contributed by atoms with Gasteiger partial charge in [-0.3, -0.25) is 24.1 Å². The molecule has 7 nitrogen and oxygen atoms in total. The van der Waals surface area contributed by atoms with Crippen LogP contribution < -0.4 is 5.32 Å². The summed E-state index contributed by atoms with van der Waals surface area (Å²) < 4.78 is 5.99. The number of anilines is 1. The van der Waals surface area contributed by atoms with E-state index >= 15 is 0 Å². The fourth-order valence-electron chi connectivity index (χ4n) is 5.22. The van der Waals surface area contributed by atoms with Crippen LogP contribution in [-0.2, 0) is 23.9 Å². The van der Waals surface area contributed by atoms with Gasteiger partial charge in [0.1, 0.15) is 0 Å². The molecule has 4 rings (SSSR count). The van der Waals surface area contributed by atoms with Gasteiger partial charge in [0.15, 0.2) is 6.61 Å². The first kappa shape index (κ1) is 21.0. The largest absolute Gasteiger partial charge is 0.456 e. The summed E-state index contributed by atoms with van der Waals surface area (Å²) in [6.45, 7) is 3.45. The van der Waals surface area contributed by atoms with Crippen molar-refractivity contribution in [2.75, 3.05) is 18.5 Å². The van der Waals surface area contributed by atoms with Gasteiger partial charge in [0, 0.05) is 16.7 Å². The van der Waals surface area contributed by atoms with Gasteiger partial charge >= 0.3 is 5.97 Å². The van der Waals surface area contributed by atoms with Gasteiger partial charge in [-0.15, -0.1) is 0 Å². The molecular weight excluding hydrogens is 452 g/mol. The standard InChI is InChI=1S/C22H25BrN2O5/c1-11-12(2)16(6-5-15(11)23)24-17(26)10-30-18(27)7-8-25-21(28)19-13-3-4-14(9-13)20(19)22(25)29/h5-6,13-14,19-20H,3-4,7-10H2,1-2H3,(H,24,26)/t13-,14-,19+,20+/m0/s1. The van der Waals surface area contributed by atoms with Gasteiger partial charge in [-0.1, -0.05) is 15.9 Å². The van der Waals surface area contributed by atoms with Crippen LogP contribution in [0, 0.1) is 37.5 Å². The minimum atomic E-state index is -0.602. The number of amides is 3. The first-order valence-corrected chi connectivity index (χ1v) is 11.1. The van der Waals surface area contributed by atoms with Crippen molar-refractivity contribution in [1.82, 2.24) is 4.90 Å². The highest BCUT2D eigenvalue weighted by molar-refractivity contribution is 9.10. The van der Waals surface area contributed by atoms with E-state index in [-0.39, 0.29) is 36.6 Å². The lowest BCUT2D eigenvalue weighted by molar-refractivity contribution is -0.149. The van der Waals surface area contributed by atoms with Crippen LogP contribution >= 0.6 is 15.9 Å². The maximum absolute atomic E-state index is 12.6. The fraction of sp³-hybridized carbons (Fsp3) is 0.545. The molecule has 4 atom stereocenters. The van der Waals surface area contributed by atoms with Crippen molar-refractivity contribution in [3.8, 4) is 0 Å². The molecule has 3 amide bonds. The van der Waals surface area contributed by atoms with Crippen molar-refractivity contribution in [3.05, 3.63) is 27.7 Å². The number of likely N-dealkylation sites (tertiary alicyclic amines) is 1. The zero-order valence-electron chi connectivity index (χ0n) is 17.1. The second-order valence-corrected chi connectivity index (χ2v) is 9.37. The zero-order valence-corrected chi connectivity index (χ0v) is 18.7. The number of benzene rings is 1. The molecule has 1 heterocycles. The van der Waals surface area contributed by atoms with Crippen LogP contribution in [0.4, 0.5) is 5.69 Å². The summed E-state index contributed by atoms with van der Waals surface area (Å²) >= 11 is 3.44. The summed E-state index contributed by atoms with van der Waals surface area (Å²) in [5.41, 5.74) is 2.60. The molecule has 1 aromatic carbocycles. The topological polar surface area (TPSA) is 92.8 Å². The monoisotopic (exact) mass is 476 g/mol. The summed E-state index contributed by atoms with van der Waals surface area (Å²) in [5, 5.41) is 2.73. The molecular formula is C22H25BrN2O5. The van der Waals surface area contributed by atoms with Crippen molar-refractivity contribution in [3.63, 3.8) is 0 Å². The molecule has 2 aliphatic carbocycles. The van der Waals surface area contributed by atoms with Crippen LogP contribution in [0.1, 0.15) is 36.8 Å². The molecule has 3 aliphatic rings. The molecule has 0 aromatic heterocycles. The summed E-state index contributed by atoms with van der Waals surface area (Å²) in [6.07, 6.45) is 2.92. The Bertz CT molecular complexity index is 902. The number of nitrogens with one attached hydrogen (secondary N) is 1. The van der Waals surface area contributed by atoms with Crippen LogP contribution in [-0.4, -0.2) is 41.7 Å². The highest BCUT2D eigenvalue weighted by Gasteiger charge is 2.60. The number of ether oxygens (including phenoxy) is 1. The van der Waals surface area contributed by atoms with E-state index < -0.39 is 18.5 Å². The average Bonchev–Trinajstić information content (AvgIpc) is 3.40. The van der Waals surface area contributed by atoms with Crippen molar-refractivity contribution >= 4 is 45.3 Å². The maximum atomic E-state index is 12.6. The summed E-state index contributed by atoms with van der Waals surface area (Å²) in [7, 11) is 0. The Labute approximate surface area is 183 Å². The van der Waals surface area contributed by atoms with E-state index in [1.54, 1.807) is 6.07 Å². The number of imide groups is 1. The predicted octanol–water partition coefficient (Wildman–Crippen LogP) is 2.97. The number of rotatable bonds is 6. The maximum Gasteiger partial charge on any atom is 0.308 e. The van der Waals surface area contributed by atoms with E-state index in [1.165, 1.54) is 4.90 Å². The van der Waals surface area contributed by atoms with Crippen molar-refractivity contribution in [2.24, 2.45) is 23.7 Å². The van der Waals surface area contributed by atoms with Gasteiger partial charge in [0.25, 0.3) is 5.91 Å². The number of hydrogen-bond donors (Lipinski definition) is 1. The summed E-state index contributed by atoms with van der Waals surface area (Å²) in [5.74, 6) is -1.04. The molecule has 160 valence electrons. The molecule has 1 saturated heterocycles. The third-order valence-electron chi connectivity index (χ3n) is 6.92. The van der Waals surface area contributed by atoms with E-state index in [2.05, 4.69) is 21.2 Å². The highest BCUT2D eigenvalue weighted by Crippen LogP contribution is 2.56. The minimum absolute atomic E-state index is 0.0234. The number of carbonyl (C=O) groups excluding carboxylic acids is 4. The Morgan fingerprint density at radius 1 is 1.10 bits per heavy atom. The molecule has 3 fully saturated rings. The number of hydrogen-bond acceptors (Lipinski definition) is 5. The second kappa shape index (κ2) is 8.13. The van der Waals surface area contributed by atoms with Crippen LogP contribution in [0.25, 0.3) is 0 Å². The van der Waals surface area contributed by atoms with Gasteiger partial charge in [0.2, 0.25) is 11.8 Å². The van der Waals surface area contributed by atoms with Crippen LogP contribution in [0.15, 0.2) is 16.6 Å². The van der Waals surface area contributed by atoms with Gasteiger partial charge in [0.05, 0.1) is 18.3 Å². The van der Waals surface area contributed by atoms with E-state index in [4.69, 9.17) is 4.74 Å². The van der Waals surface area contributed by atoms with Gasteiger partial charge in [-0.05, 0) is 68.2 Å². The Balaban J connectivity index is 1.25. The van der Waals surface area contributed by atoms with E-state index in [1.807, 2.05) is 19.9 Å². The van der Waals surface area contributed by atoms with Gasteiger partial charge in [-0.2, -0.15) is 0 Å². The number of esters is 1. The smallest absolute Gasteiger partial charge is 0.308 e. The van der Waals surface area contributed by atoms with Crippen molar-refractivity contribution in [1.29, 1.82) is 0 Å². The van der Waals surface area contributed by atoms with E-state index in [9.17, 15) is 19.2 Å². The first-order valence-electron chi connectivity index (χ1n) is 10.3. The minimum Gasteiger partial charge on any atom is -0.456 e. The molecule has 0 spiro atoms. The Kier molecular flexibility index (Phi) is 5.70. The van der Waals surface area contributed by atoms with Crippen LogP contribution in [0.2, 0.25) is 0 Å². The molecule has 1 N–H and O–H groups in total. The molecule has 1 aromatic rings. The SMILES string of the molecule is Cc1c(Br)ccc(NC(=O)COC(=O)CCN2C(=O)[C@@H]3[C@H]4CC[C@@H](C4)[C@H]3C2=O)c1C. The predicted molar refractivity (Wildman–Crippen MR) is 112 cm³/mol. The quantitative estimate of drug-likeness (QED) is 0.503. The highest BCUT2D eigenvalue weighted by atomic mass is 79.9. The van der Waals surface area contributed by atoms with E-state index in [0.29, 0.717) is 17.5 Å².